The highest BCUT2D eigenvalue weighted by atomic mass is 35.5. The summed E-state index contributed by atoms with van der Waals surface area (Å²) in [6.07, 6.45) is 7.29. The Morgan fingerprint density at radius 1 is 1.38 bits per heavy atom. The highest BCUT2D eigenvalue weighted by Crippen LogP contribution is 2.18. The number of rotatable bonds is 4. The zero-order valence-electron chi connectivity index (χ0n) is 7.17. The van der Waals surface area contributed by atoms with Crippen LogP contribution in [0.2, 0.25) is 0 Å². The summed E-state index contributed by atoms with van der Waals surface area (Å²) in [6.45, 7) is 0. The Bertz CT molecular complexity index is 194. The molecule has 0 saturated carbocycles. The van der Waals surface area contributed by atoms with Gasteiger partial charge in [-0.05, 0) is 25.1 Å². The first-order chi connectivity index (χ1) is 5.83. The Kier molecular flexibility index (Phi) is 6.56. The summed E-state index contributed by atoms with van der Waals surface area (Å²) in [5.74, 6) is 1.13. The van der Waals surface area contributed by atoms with Gasteiger partial charge >= 0.3 is 0 Å². The van der Waals surface area contributed by atoms with Crippen LogP contribution in [0.25, 0.3) is 0 Å². The minimum atomic E-state index is -0.314. The van der Waals surface area contributed by atoms with Crippen LogP contribution in [-0.4, -0.2) is 23.6 Å². The normalized spacial score (nSPS) is 25.1. The van der Waals surface area contributed by atoms with Crippen molar-refractivity contribution in [2.45, 2.75) is 18.5 Å². The van der Waals surface area contributed by atoms with E-state index in [2.05, 4.69) is 10.3 Å². The van der Waals surface area contributed by atoms with Gasteiger partial charge in [0, 0.05) is 12.1 Å². The molecule has 1 N–H and O–H groups in total. The van der Waals surface area contributed by atoms with Gasteiger partial charge in [0.2, 0.25) is 0 Å². The fourth-order valence-electron chi connectivity index (χ4n) is 1.11. The lowest BCUT2D eigenvalue weighted by molar-refractivity contribution is 0.390. The molecule has 0 aromatic heterocycles. The molecular weight excluding hydrogens is 230 g/mol. The van der Waals surface area contributed by atoms with E-state index in [0.717, 1.165) is 12.8 Å². The molecule has 1 atom stereocenters. The van der Waals surface area contributed by atoms with Crippen molar-refractivity contribution in [3.05, 3.63) is 12.3 Å². The molecule has 0 aliphatic carbocycles. The third-order valence-electron chi connectivity index (χ3n) is 1.80. The van der Waals surface area contributed by atoms with E-state index in [1.54, 1.807) is 6.21 Å². The smallest absolute Gasteiger partial charge is 0.142 e. The number of aliphatic imine (C=N–C) groups is 1. The number of halogens is 3. The highest BCUT2D eigenvalue weighted by molar-refractivity contribution is 6.19. The van der Waals surface area contributed by atoms with E-state index in [9.17, 15) is 0 Å². The van der Waals surface area contributed by atoms with Crippen molar-refractivity contribution in [3.8, 4) is 0 Å². The molecule has 5 heteroatoms. The predicted octanol–water partition coefficient (Wildman–Crippen LogP) is 2.55. The summed E-state index contributed by atoms with van der Waals surface area (Å²) in [7, 11) is 0. The third-order valence-corrected chi connectivity index (χ3v) is 2.51. The number of hydrogen-bond acceptors (Lipinski definition) is 2. The molecule has 0 fully saturated rings. The minimum Gasteiger partial charge on any atom is -0.366 e. The SMILES string of the molecule is Cl.ClCCCC1(CCl)N=CC=CN1. The number of hydrogen-bond donors (Lipinski definition) is 1. The van der Waals surface area contributed by atoms with Crippen LogP contribution in [0.1, 0.15) is 12.8 Å². The maximum Gasteiger partial charge on any atom is 0.142 e. The second-order valence-electron chi connectivity index (χ2n) is 2.74. The van der Waals surface area contributed by atoms with Gasteiger partial charge in [0.05, 0.1) is 5.88 Å². The summed E-state index contributed by atoms with van der Waals surface area (Å²) < 4.78 is 0. The van der Waals surface area contributed by atoms with Gasteiger partial charge in [0.25, 0.3) is 0 Å². The van der Waals surface area contributed by atoms with Crippen molar-refractivity contribution in [1.29, 1.82) is 0 Å². The molecule has 76 valence electrons. The molecule has 1 aliphatic rings. The Balaban J connectivity index is 0.00000144. The quantitative estimate of drug-likeness (QED) is 0.754. The average molecular weight is 244 g/mol. The van der Waals surface area contributed by atoms with Gasteiger partial charge in [-0.1, -0.05) is 0 Å². The molecule has 0 aromatic rings. The lowest BCUT2D eigenvalue weighted by Crippen LogP contribution is -2.43. The molecule has 13 heavy (non-hydrogen) atoms. The molecule has 1 aliphatic heterocycles. The van der Waals surface area contributed by atoms with Crippen LogP contribution in [0.4, 0.5) is 0 Å². The van der Waals surface area contributed by atoms with Crippen LogP contribution >= 0.6 is 35.6 Å². The number of nitrogens with zero attached hydrogens (tertiary/aromatic N) is 1. The topological polar surface area (TPSA) is 24.4 Å². The monoisotopic (exact) mass is 242 g/mol. The van der Waals surface area contributed by atoms with E-state index in [1.165, 1.54) is 0 Å². The van der Waals surface area contributed by atoms with Crippen molar-refractivity contribution in [3.63, 3.8) is 0 Å². The molecule has 0 aromatic carbocycles. The van der Waals surface area contributed by atoms with E-state index in [0.29, 0.717) is 11.8 Å². The molecule has 0 amide bonds. The van der Waals surface area contributed by atoms with Crippen LogP contribution in [0, 0.1) is 0 Å². The standard InChI is InChI=1S/C8H12Cl2N2.ClH/c9-4-1-3-8(7-10)11-5-2-6-12-8;/h2,5-6,11H,1,3-4,7H2;1H. The molecule has 0 saturated heterocycles. The van der Waals surface area contributed by atoms with Crippen molar-refractivity contribution in [1.82, 2.24) is 5.32 Å². The van der Waals surface area contributed by atoms with Gasteiger partial charge < -0.3 is 5.32 Å². The lowest BCUT2D eigenvalue weighted by Gasteiger charge is -2.29. The van der Waals surface area contributed by atoms with Gasteiger partial charge in [-0.15, -0.1) is 35.6 Å². The van der Waals surface area contributed by atoms with Crippen LogP contribution in [-0.2, 0) is 0 Å². The molecule has 1 unspecified atom stereocenters. The zero-order chi connectivity index (χ0) is 8.86. The summed E-state index contributed by atoms with van der Waals surface area (Å²) in [4.78, 5) is 4.30. The molecule has 2 nitrogen and oxygen atoms in total. The molecular formula is C8H13Cl3N2. The minimum absolute atomic E-state index is 0. The fraction of sp³-hybridized carbons (Fsp3) is 0.625. The zero-order valence-corrected chi connectivity index (χ0v) is 9.50. The Hall–Kier alpha value is 0.0800. The number of alkyl halides is 2. The highest BCUT2D eigenvalue weighted by Gasteiger charge is 2.26. The largest absolute Gasteiger partial charge is 0.366 e. The second kappa shape index (κ2) is 6.52. The predicted molar refractivity (Wildman–Crippen MR) is 61.4 cm³/mol. The van der Waals surface area contributed by atoms with Crippen LogP contribution < -0.4 is 5.32 Å². The lowest BCUT2D eigenvalue weighted by atomic mass is 10.1. The molecule has 0 bridgehead atoms. The van der Waals surface area contributed by atoms with Crippen molar-refractivity contribution < 1.29 is 0 Å². The van der Waals surface area contributed by atoms with Crippen molar-refractivity contribution in [2.75, 3.05) is 11.8 Å². The van der Waals surface area contributed by atoms with Gasteiger partial charge in [-0.25, -0.2) is 0 Å². The maximum atomic E-state index is 5.82. The van der Waals surface area contributed by atoms with E-state index >= 15 is 0 Å². The van der Waals surface area contributed by atoms with Gasteiger partial charge in [-0.2, -0.15) is 0 Å². The van der Waals surface area contributed by atoms with E-state index in [4.69, 9.17) is 23.2 Å². The number of allylic oxidation sites excluding steroid dienone is 1. The Morgan fingerprint density at radius 3 is 2.62 bits per heavy atom. The van der Waals surface area contributed by atoms with Crippen LogP contribution in [0.3, 0.4) is 0 Å². The van der Waals surface area contributed by atoms with Crippen LogP contribution in [0.15, 0.2) is 17.3 Å². The summed E-state index contributed by atoms with van der Waals surface area (Å²) in [6, 6.07) is 0. The van der Waals surface area contributed by atoms with E-state index in [-0.39, 0.29) is 18.1 Å². The van der Waals surface area contributed by atoms with Crippen molar-refractivity contribution in [2.24, 2.45) is 4.99 Å². The first-order valence-electron chi connectivity index (χ1n) is 3.93. The van der Waals surface area contributed by atoms with E-state index in [1.807, 2.05) is 12.3 Å². The maximum absolute atomic E-state index is 5.82. The number of nitrogens with one attached hydrogen (secondary N) is 1. The summed E-state index contributed by atoms with van der Waals surface area (Å²) in [5, 5.41) is 3.15. The van der Waals surface area contributed by atoms with Crippen LogP contribution in [0.5, 0.6) is 0 Å². The average Bonchev–Trinajstić information content (AvgIpc) is 2.16. The second-order valence-corrected chi connectivity index (χ2v) is 3.38. The fourth-order valence-corrected chi connectivity index (χ4v) is 1.52. The van der Waals surface area contributed by atoms with E-state index < -0.39 is 0 Å². The molecule has 1 heterocycles. The Morgan fingerprint density at radius 2 is 2.15 bits per heavy atom. The Labute approximate surface area is 94.8 Å². The first-order valence-corrected chi connectivity index (χ1v) is 5.00. The van der Waals surface area contributed by atoms with Gasteiger partial charge in [0.15, 0.2) is 0 Å². The first kappa shape index (κ1) is 13.1. The summed E-state index contributed by atoms with van der Waals surface area (Å²) in [5.41, 5.74) is -0.314. The molecule has 1 rings (SSSR count). The van der Waals surface area contributed by atoms with Gasteiger partial charge in [-0.3, -0.25) is 4.99 Å². The molecule has 0 radical (unpaired) electrons. The van der Waals surface area contributed by atoms with Crippen molar-refractivity contribution >= 4 is 41.8 Å². The third kappa shape index (κ3) is 3.75. The molecule has 0 spiro atoms. The van der Waals surface area contributed by atoms with Gasteiger partial charge in [0.1, 0.15) is 5.66 Å². The summed E-state index contributed by atoms with van der Waals surface area (Å²) >= 11 is 11.4.